The van der Waals surface area contributed by atoms with Crippen LogP contribution in [-0.2, 0) is 0 Å². The molecule has 4 N–H and O–H groups in total. The molecule has 0 aliphatic carbocycles. The average molecular weight is 304 g/mol. The normalized spacial score (nSPS) is 12.5. The number of ether oxygens (including phenoxy) is 1. The average Bonchev–Trinajstić information content (AvgIpc) is 2.84. The first kappa shape index (κ1) is 13.7. The maximum atomic E-state index is 11.2. The second kappa shape index (κ2) is 5.63. The second-order valence-corrected chi connectivity index (χ2v) is 5.13. The van der Waals surface area contributed by atoms with Gasteiger partial charge in [-0.1, -0.05) is 29.8 Å². The van der Waals surface area contributed by atoms with Crippen molar-refractivity contribution in [3.63, 3.8) is 0 Å². The van der Waals surface area contributed by atoms with E-state index in [1.165, 1.54) is 0 Å². The highest BCUT2D eigenvalue weighted by Crippen LogP contribution is 2.23. The van der Waals surface area contributed by atoms with Gasteiger partial charge in [-0.3, -0.25) is 0 Å². The summed E-state index contributed by atoms with van der Waals surface area (Å²) in [6.07, 6.45) is 0. The van der Waals surface area contributed by atoms with Crippen molar-refractivity contribution in [3.8, 4) is 5.75 Å². The molecule has 21 heavy (non-hydrogen) atoms. The Morgan fingerprint density at radius 2 is 1.90 bits per heavy atom. The van der Waals surface area contributed by atoms with E-state index in [2.05, 4.69) is 9.97 Å². The molecule has 1 atom stereocenters. The zero-order valence-corrected chi connectivity index (χ0v) is 11.9. The molecule has 0 aliphatic heterocycles. The number of hydrogen-bond acceptors (Lipinski definition) is 3. The lowest BCUT2D eigenvalue weighted by atomic mass is 10.1. The number of imidazole rings is 1. The Labute approximate surface area is 125 Å². The molecular weight excluding hydrogens is 290 g/mol. The van der Waals surface area contributed by atoms with Crippen LogP contribution in [0.25, 0.3) is 11.0 Å². The van der Waals surface area contributed by atoms with Crippen molar-refractivity contribution in [1.29, 1.82) is 0 Å². The zero-order valence-electron chi connectivity index (χ0n) is 11.1. The number of aromatic nitrogens is 2. The van der Waals surface area contributed by atoms with Crippen molar-refractivity contribution >= 4 is 22.6 Å². The van der Waals surface area contributed by atoms with Crippen LogP contribution >= 0.6 is 11.6 Å². The van der Waals surface area contributed by atoms with Crippen LogP contribution in [0.4, 0.5) is 0 Å². The van der Waals surface area contributed by atoms with Gasteiger partial charge in [0.05, 0.1) is 17.1 Å². The first-order valence-corrected chi connectivity index (χ1v) is 6.86. The lowest BCUT2D eigenvalue weighted by molar-refractivity contribution is 0.291. The molecule has 0 amide bonds. The molecule has 2 aromatic carbocycles. The Hall–Kier alpha value is -2.24. The van der Waals surface area contributed by atoms with E-state index in [9.17, 15) is 4.79 Å². The number of nitrogens with two attached hydrogens (primary N) is 1. The maximum Gasteiger partial charge on any atom is 0.323 e. The topological polar surface area (TPSA) is 83.9 Å². The second-order valence-electron chi connectivity index (χ2n) is 4.73. The lowest BCUT2D eigenvalue weighted by Gasteiger charge is -2.14. The molecule has 5 nitrogen and oxygen atoms in total. The fourth-order valence-electron chi connectivity index (χ4n) is 2.15. The molecule has 3 aromatic rings. The summed E-state index contributed by atoms with van der Waals surface area (Å²) in [6.45, 7) is 0.296. The van der Waals surface area contributed by atoms with Crippen LogP contribution in [0.1, 0.15) is 11.6 Å². The standard InChI is InChI=1S/C15H14ClN3O2/c16-11-4-2-1-3-10(11)12(17)8-21-9-5-6-13-14(7-9)19-15(20)18-13/h1-7,12H,8,17H2,(H2,18,19,20)/t12-/m0/s1. The summed E-state index contributed by atoms with van der Waals surface area (Å²) < 4.78 is 5.67. The van der Waals surface area contributed by atoms with Crippen LogP contribution in [0.3, 0.4) is 0 Å². The summed E-state index contributed by atoms with van der Waals surface area (Å²) in [4.78, 5) is 16.6. The predicted molar refractivity (Wildman–Crippen MR) is 82.8 cm³/mol. The number of H-pyrrole nitrogens is 2. The highest BCUT2D eigenvalue weighted by molar-refractivity contribution is 6.31. The number of halogens is 1. The van der Waals surface area contributed by atoms with Crippen LogP contribution in [-0.4, -0.2) is 16.6 Å². The fourth-order valence-corrected chi connectivity index (χ4v) is 2.43. The number of fused-ring (bicyclic) bond motifs is 1. The molecule has 0 fully saturated rings. The molecule has 0 saturated carbocycles. The van der Waals surface area contributed by atoms with Gasteiger partial charge in [0.25, 0.3) is 0 Å². The molecule has 1 heterocycles. The molecule has 0 aliphatic rings. The van der Waals surface area contributed by atoms with E-state index in [-0.39, 0.29) is 11.7 Å². The van der Waals surface area contributed by atoms with Crippen molar-refractivity contribution < 1.29 is 4.74 Å². The number of nitrogens with one attached hydrogen (secondary N) is 2. The number of hydrogen-bond donors (Lipinski definition) is 3. The van der Waals surface area contributed by atoms with E-state index in [4.69, 9.17) is 22.1 Å². The quantitative estimate of drug-likeness (QED) is 0.692. The minimum absolute atomic E-state index is 0.241. The molecule has 6 heteroatoms. The van der Waals surface area contributed by atoms with Crippen LogP contribution in [0.2, 0.25) is 5.02 Å². The highest BCUT2D eigenvalue weighted by atomic mass is 35.5. The molecule has 3 rings (SSSR count). The zero-order chi connectivity index (χ0) is 14.8. The Bertz CT molecular complexity index is 825. The summed E-state index contributed by atoms with van der Waals surface area (Å²) >= 11 is 6.10. The molecule has 0 saturated heterocycles. The van der Waals surface area contributed by atoms with Crippen molar-refractivity contribution in [2.75, 3.05) is 6.61 Å². The minimum Gasteiger partial charge on any atom is -0.492 e. The first-order chi connectivity index (χ1) is 10.1. The summed E-state index contributed by atoms with van der Waals surface area (Å²) in [7, 11) is 0. The van der Waals surface area contributed by atoms with Gasteiger partial charge in [-0.15, -0.1) is 0 Å². The Morgan fingerprint density at radius 3 is 2.71 bits per heavy atom. The lowest BCUT2D eigenvalue weighted by Crippen LogP contribution is -2.19. The van der Waals surface area contributed by atoms with E-state index < -0.39 is 0 Å². The molecular formula is C15H14ClN3O2. The largest absolute Gasteiger partial charge is 0.492 e. The molecule has 1 aromatic heterocycles. The number of aromatic amines is 2. The van der Waals surface area contributed by atoms with E-state index >= 15 is 0 Å². The van der Waals surface area contributed by atoms with Crippen molar-refractivity contribution in [1.82, 2.24) is 9.97 Å². The van der Waals surface area contributed by atoms with Crippen molar-refractivity contribution in [3.05, 3.63) is 63.5 Å². The SMILES string of the molecule is N[C@@H](COc1ccc2[nH]c(=O)[nH]c2c1)c1ccccc1Cl. The Morgan fingerprint density at radius 1 is 1.14 bits per heavy atom. The first-order valence-electron chi connectivity index (χ1n) is 6.48. The third-order valence-electron chi connectivity index (χ3n) is 3.22. The van der Waals surface area contributed by atoms with Crippen molar-refractivity contribution in [2.24, 2.45) is 5.73 Å². The van der Waals surface area contributed by atoms with Gasteiger partial charge >= 0.3 is 5.69 Å². The maximum absolute atomic E-state index is 11.2. The number of rotatable bonds is 4. The van der Waals surface area contributed by atoms with Gasteiger partial charge in [0.15, 0.2) is 0 Å². The molecule has 0 bridgehead atoms. The molecule has 0 radical (unpaired) electrons. The van der Waals surface area contributed by atoms with Gasteiger partial charge in [0.1, 0.15) is 12.4 Å². The third kappa shape index (κ3) is 2.94. The monoisotopic (exact) mass is 303 g/mol. The van der Waals surface area contributed by atoms with E-state index in [1.807, 2.05) is 18.2 Å². The van der Waals surface area contributed by atoms with Gasteiger partial charge in [-0.2, -0.15) is 0 Å². The van der Waals surface area contributed by atoms with Gasteiger partial charge < -0.3 is 20.4 Å². The van der Waals surface area contributed by atoms with Crippen molar-refractivity contribution in [2.45, 2.75) is 6.04 Å². The van der Waals surface area contributed by atoms with Gasteiger partial charge in [0, 0.05) is 11.1 Å². The number of benzene rings is 2. The highest BCUT2D eigenvalue weighted by Gasteiger charge is 2.10. The Kier molecular flexibility index (Phi) is 3.68. The predicted octanol–water partition coefficient (Wildman–Crippen LogP) is 2.59. The summed E-state index contributed by atoms with van der Waals surface area (Å²) in [5, 5.41) is 0.624. The van der Waals surface area contributed by atoms with Gasteiger partial charge in [0.2, 0.25) is 0 Å². The summed E-state index contributed by atoms with van der Waals surface area (Å²) in [5.74, 6) is 0.639. The fraction of sp³-hybridized carbons (Fsp3) is 0.133. The van der Waals surface area contributed by atoms with Gasteiger partial charge in [-0.25, -0.2) is 4.79 Å². The third-order valence-corrected chi connectivity index (χ3v) is 3.57. The van der Waals surface area contributed by atoms with Gasteiger partial charge in [-0.05, 0) is 23.8 Å². The smallest absolute Gasteiger partial charge is 0.323 e. The Balaban J connectivity index is 1.74. The minimum atomic E-state index is -0.320. The summed E-state index contributed by atoms with van der Waals surface area (Å²) in [6, 6.07) is 12.4. The summed E-state index contributed by atoms with van der Waals surface area (Å²) in [5.41, 5.74) is 8.13. The van der Waals surface area contributed by atoms with Crippen LogP contribution in [0.15, 0.2) is 47.3 Å². The molecule has 108 valence electrons. The molecule has 0 unspecified atom stereocenters. The van der Waals surface area contributed by atoms with E-state index in [1.54, 1.807) is 24.3 Å². The molecule has 0 spiro atoms. The van der Waals surface area contributed by atoms with E-state index in [0.29, 0.717) is 22.9 Å². The van der Waals surface area contributed by atoms with Crippen LogP contribution in [0.5, 0.6) is 5.75 Å². The van der Waals surface area contributed by atoms with Crippen LogP contribution < -0.4 is 16.2 Å². The van der Waals surface area contributed by atoms with Crippen LogP contribution in [0, 0.1) is 0 Å². The van der Waals surface area contributed by atoms with E-state index in [0.717, 1.165) is 11.1 Å².